The van der Waals surface area contributed by atoms with Crippen LogP contribution in [0.5, 0.6) is 0 Å². The van der Waals surface area contributed by atoms with Crippen molar-refractivity contribution >= 4 is 10.0 Å². The third-order valence-electron chi connectivity index (χ3n) is 2.52. The van der Waals surface area contributed by atoms with E-state index in [-0.39, 0.29) is 6.61 Å². The number of aliphatic hydroxyl groups excluding tert-OH is 1. The molecule has 0 saturated carbocycles. The quantitative estimate of drug-likeness (QED) is 0.691. The molecule has 5 heteroatoms. The van der Waals surface area contributed by atoms with Gasteiger partial charge in [0.25, 0.3) is 0 Å². The van der Waals surface area contributed by atoms with Crippen molar-refractivity contribution in [1.82, 2.24) is 4.31 Å². The van der Waals surface area contributed by atoms with Gasteiger partial charge in [-0.05, 0) is 32.1 Å². The van der Waals surface area contributed by atoms with Crippen molar-refractivity contribution in [3.63, 3.8) is 0 Å². The summed E-state index contributed by atoms with van der Waals surface area (Å²) in [5, 5.41) is 8.57. The Morgan fingerprint density at radius 3 is 2.57 bits per heavy atom. The van der Waals surface area contributed by atoms with Crippen molar-refractivity contribution in [2.24, 2.45) is 0 Å². The number of sulfonamides is 1. The molecule has 1 fully saturated rings. The van der Waals surface area contributed by atoms with Crippen LogP contribution < -0.4 is 0 Å². The van der Waals surface area contributed by atoms with Crippen molar-refractivity contribution in [3.05, 3.63) is 0 Å². The van der Waals surface area contributed by atoms with Gasteiger partial charge in [0.2, 0.25) is 10.0 Å². The fraction of sp³-hybridized carbons (Fsp3) is 1.00. The number of nitrogens with zero attached hydrogens (tertiary/aromatic N) is 1. The molecule has 14 heavy (non-hydrogen) atoms. The molecule has 1 aliphatic rings. The maximum absolute atomic E-state index is 11.5. The first-order valence-corrected chi connectivity index (χ1v) is 6.86. The number of hydrogen-bond donors (Lipinski definition) is 1. The van der Waals surface area contributed by atoms with Crippen LogP contribution in [0, 0.1) is 0 Å². The molecule has 1 aliphatic heterocycles. The molecule has 0 aromatic rings. The number of rotatable bonds is 5. The van der Waals surface area contributed by atoms with Crippen molar-refractivity contribution in [2.75, 3.05) is 25.4 Å². The van der Waals surface area contributed by atoms with Gasteiger partial charge in [-0.1, -0.05) is 0 Å². The molecule has 84 valence electrons. The highest BCUT2D eigenvalue weighted by atomic mass is 32.2. The fourth-order valence-electron chi connectivity index (χ4n) is 1.67. The lowest BCUT2D eigenvalue weighted by Crippen LogP contribution is -2.38. The second-order valence-electron chi connectivity index (χ2n) is 3.71. The molecule has 0 amide bonds. The zero-order chi connectivity index (χ0) is 10.4. The summed E-state index contributed by atoms with van der Waals surface area (Å²) in [6, 6.07) is 0. The summed E-state index contributed by atoms with van der Waals surface area (Å²) in [4.78, 5) is 0. The second-order valence-corrected chi connectivity index (χ2v) is 5.79. The summed E-state index contributed by atoms with van der Waals surface area (Å²) < 4.78 is 24.6. The largest absolute Gasteiger partial charge is 0.396 e. The van der Waals surface area contributed by atoms with Crippen molar-refractivity contribution < 1.29 is 13.5 Å². The smallest absolute Gasteiger partial charge is 0.214 e. The molecule has 0 spiro atoms. The van der Waals surface area contributed by atoms with E-state index in [1.807, 2.05) is 0 Å². The highest BCUT2D eigenvalue weighted by molar-refractivity contribution is 7.89. The summed E-state index contributed by atoms with van der Waals surface area (Å²) in [5.41, 5.74) is 0. The Balaban J connectivity index is 2.28. The highest BCUT2D eigenvalue weighted by Crippen LogP contribution is 2.14. The van der Waals surface area contributed by atoms with Crippen LogP contribution in [-0.2, 0) is 10.0 Å². The van der Waals surface area contributed by atoms with Gasteiger partial charge in [-0.15, -0.1) is 0 Å². The average molecular weight is 221 g/mol. The predicted molar refractivity (Wildman–Crippen MR) is 55.5 cm³/mol. The molecule has 4 nitrogen and oxygen atoms in total. The van der Waals surface area contributed by atoms with E-state index in [0.29, 0.717) is 18.8 Å². The summed E-state index contributed by atoms with van der Waals surface area (Å²) >= 11 is 0. The molecule has 1 saturated heterocycles. The van der Waals surface area contributed by atoms with Gasteiger partial charge in [-0.3, -0.25) is 0 Å². The number of aliphatic hydroxyl groups is 1. The Bertz CT molecular complexity index is 251. The van der Waals surface area contributed by atoms with Crippen LogP contribution >= 0.6 is 0 Å². The molecule has 0 radical (unpaired) electrons. The van der Waals surface area contributed by atoms with Gasteiger partial charge in [-0.2, -0.15) is 0 Å². The minimum absolute atomic E-state index is 0.201. The first-order chi connectivity index (χ1) is 6.67. The molecule has 0 aliphatic carbocycles. The van der Waals surface area contributed by atoms with E-state index in [1.165, 1.54) is 0 Å². The lowest BCUT2D eigenvalue weighted by Gasteiger charge is -2.25. The predicted octanol–water partition coefficient (Wildman–Crippen LogP) is 0.575. The Morgan fingerprint density at radius 2 is 1.93 bits per heavy atom. The van der Waals surface area contributed by atoms with E-state index < -0.39 is 10.0 Å². The second kappa shape index (κ2) is 5.68. The Morgan fingerprint density at radius 1 is 1.14 bits per heavy atom. The van der Waals surface area contributed by atoms with Crippen molar-refractivity contribution in [1.29, 1.82) is 0 Å². The van der Waals surface area contributed by atoms with Gasteiger partial charge in [0.1, 0.15) is 0 Å². The van der Waals surface area contributed by atoms with Crippen molar-refractivity contribution in [3.8, 4) is 0 Å². The van der Waals surface area contributed by atoms with Crippen LogP contribution in [0.1, 0.15) is 32.1 Å². The Kier molecular flexibility index (Phi) is 4.84. The Labute approximate surface area is 86.0 Å². The van der Waals surface area contributed by atoms with E-state index in [9.17, 15) is 8.42 Å². The van der Waals surface area contributed by atoms with E-state index in [2.05, 4.69) is 0 Å². The van der Waals surface area contributed by atoms with Crippen LogP contribution in [0.3, 0.4) is 0 Å². The molecule has 1 rings (SSSR count). The van der Waals surface area contributed by atoms with Gasteiger partial charge in [-0.25, -0.2) is 12.7 Å². The maximum Gasteiger partial charge on any atom is 0.214 e. The first kappa shape index (κ1) is 11.9. The third kappa shape index (κ3) is 3.55. The number of hydrogen-bond acceptors (Lipinski definition) is 3. The molecule has 1 N–H and O–H groups in total. The van der Waals surface area contributed by atoms with Gasteiger partial charge in [0.05, 0.1) is 5.75 Å². The number of unbranched alkanes of at least 4 members (excludes halogenated alkanes) is 2. The topological polar surface area (TPSA) is 57.6 Å². The van der Waals surface area contributed by atoms with Crippen LogP contribution in [-0.4, -0.2) is 43.3 Å². The first-order valence-electron chi connectivity index (χ1n) is 5.25. The zero-order valence-corrected chi connectivity index (χ0v) is 9.30. The molecular weight excluding hydrogens is 202 g/mol. The monoisotopic (exact) mass is 221 g/mol. The fourth-order valence-corrected chi connectivity index (χ4v) is 3.31. The standard InChI is InChI=1S/C9H19NO3S/c11-8-4-1-2-6-10-7-3-5-9-14(10,12)13/h11H,1-9H2. The molecule has 1 heterocycles. The average Bonchev–Trinajstić information content (AvgIpc) is 2.14. The molecule has 0 unspecified atom stereocenters. The lowest BCUT2D eigenvalue weighted by molar-refractivity contribution is 0.279. The van der Waals surface area contributed by atoms with Crippen molar-refractivity contribution in [2.45, 2.75) is 32.1 Å². The van der Waals surface area contributed by atoms with E-state index in [1.54, 1.807) is 4.31 Å². The summed E-state index contributed by atoms with van der Waals surface area (Å²) in [5.74, 6) is 0.312. The molecule has 0 aromatic heterocycles. The van der Waals surface area contributed by atoms with E-state index in [4.69, 9.17) is 5.11 Å². The van der Waals surface area contributed by atoms with Gasteiger partial charge in [0.15, 0.2) is 0 Å². The van der Waals surface area contributed by atoms with Crippen LogP contribution in [0.25, 0.3) is 0 Å². The van der Waals surface area contributed by atoms with Crippen LogP contribution in [0.15, 0.2) is 0 Å². The Hall–Kier alpha value is -0.130. The van der Waals surface area contributed by atoms with Crippen LogP contribution in [0.4, 0.5) is 0 Å². The lowest BCUT2D eigenvalue weighted by atomic mass is 10.2. The normalized spacial score (nSPS) is 22.4. The molecule has 0 atom stereocenters. The van der Waals surface area contributed by atoms with Crippen LogP contribution in [0.2, 0.25) is 0 Å². The third-order valence-corrected chi connectivity index (χ3v) is 4.48. The maximum atomic E-state index is 11.5. The van der Waals surface area contributed by atoms with Gasteiger partial charge < -0.3 is 5.11 Å². The molecule has 0 bridgehead atoms. The summed E-state index contributed by atoms with van der Waals surface area (Å²) in [6.07, 6.45) is 4.32. The minimum atomic E-state index is -2.94. The highest BCUT2D eigenvalue weighted by Gasteiger charge is 2.24. The van der Waals surface area contributed by atoms with E-state index in [0.717, 1.165) is 32.1 Å². The molecule has 0 aromatic carbocycles. The zero-order valence-electron chi connectivity index (χ0n) is 8.48. The SMILES string of the molecule is O=S1(=O)CCCCN1CCCCCO. The summed E-state index contributed by atoms with van der Waals surface area (Å²) in [6.45, 7) is 1.51. The summed E-state index contributed by atoms with van der Waals surface area (Å²) in [7, 11) is -2.94. The van der Waals surface area contributed by atoms with E-state index >= 15 is 0 Å². The molecular formula is C9H19NO3S. The van der Waals surface area contributed by atoms with Gasteiger partial charge >= 0.3 is 0 Å². The van der Waals surface area contributed by atoms with Gasteiger partial charge in [0, 0.05) is 19.7 Å². The minimum Gasteiger partial charge on any atom is -0.396 e.